The third-order valence-corrected chi connectivity index (χ3v) is 4.38. The molecule has 1 amide bonds. The highest BCUT2D eigenvalue weighted by atomic mass is 16.5. The Balaban J connectivity index is 1.57. The first-order valence-corrected chi connectivity index (χ1v) is 7.13. The lowest BCUT2D eigenvalue weighted by Crippen LogP contribution is -2.46. The Hall–Kier alpha value is -1.85. The van der Waals surface area contributed by atoms with Gasteiger partial charge in [0.2, 0.25) is 11.8 Å². The van der Waals surface area contributed by atoms with Gasteiger partial charge in [-0.25, -0.2) is 9.97 Å². The van der Waals surface area contributed by atoms with Crippen LogP contribution in [-0.4, -0.2) is 34.6 Å². The van der Waals surface area contributed by atoms with Gasteiger partial charge in [0.15, 0.2) is 0 Å². The van der Waals surface area contributed by atoms with E-state index in [2.05, 4.69) is 20.6 Å². The van der Waals surface area contributed by atoms with E-state index in [1.165, 1.54) is 6.33 Å². The fourth-order valence-electron chi connectivity index (χ4n) is 3.20. The van der Waals surface area contributed by atoms with E-state index in [0.717, 1.165) is 37.9 Å². The zero-order valence-electron chi connectivity index (χ0n) is 11.7. The first kappa shape index (κ1) is 13.1. The first-order chi connectivity index (χ1) is 9.69. The average Bonchev–Trinajstić information content (AvgIpc) is 2.83. The van der Waals surface area contributed by atoms with E-state index in [1.54, 1.807) is 7.11 Å². The summed E-state index contributed by atoms with van der Waals surface area (Å²) in [6.07, 6.45) is 7.35. The first-order valence-electron chi connectivity index (χ1n) is 7.13. The van der Waals surface area contributed by atoms with E-state index in [4.69, 9.17) is 4.74 Å². The summed E-state index contributed by atoms with van der Waals surface area (Å²) < 4.78 is 5.09. The lowest BCUT2D eigenvalue weighted by Gasteiger charge is -2.37. The van der Waals surface area contributed by atoms with Gasteiger partial charge < -0.3 is 15.4 Å². The predicted molar refractivity (Wildman–Crippen MR) is 74.6 cm³/mol. The highest BCUT2D eigenvalue weighted by molar-refractivity contribution is 5.79. The second-order valence-corrected chi connectivity index (χ2v) is 5.69. The third-order valence-electron chi connectivity index (χ3n) is 4.38. The summed E-state index contributed by atoms with van der Waals surface area (Å²) in [4.78, 5) is 19.6. The average molecular weight is 276 g/mol. The number of ether oxygens (including phenoxy) is 1. The number of anilines is 1. The fourth-order valence-corrected chi connectivity index (χ4v) is 3.20. The maximum Gasteiger partial charge on any atom is 0.220 e. The molecule has 2 aliphatic rings. The zero-order chi connectivity index (χ0) is 14.0. The summed E-state index contributed by atoms with van der Waals surface area (Å²) in [5, 5.41) is 6.59. The number of methoxy groups -OCH3 is 1. The number of hydrogen-bond acceptors (Lipinski definition) is 5. The Labute approximate surface area is 118 Å². The highest BCUT2D eigenvalue weighted by Crippen LogP contribution is 2.36. The molecule has 1 aromatic rings. The Morgan fingerprint density at radius 1 is 1.35 bits per heavy atom. The monoisotopic (exact) mass is 276 g/mol. The van der Waals surface area contributed by atoms with Gasteiger partial charge in [0.05, 0.1) is 7.11 Å². The molecular formula is C14H20N4O2. The Kier molecular flexibility index (Phi) is 3.46. The van der Waals surface area contributed by atoms with Crippen LogP contribution in [0.15, 0.2) is 12.4 Å². The number of hydrogen-bond donors (Lipinski definition) is 2. The topological polar surface area (TPSA) is 76.1 Å². The van der Waals surface area contributed by atoms with Gasteiger partial charge in [-0.15, -0.1) is 0 Å². The summed E-state index contributed by atoms with van der Waals surface area (Å²) in [6.45, 7) is 0. The zero-order valence-corrected chi connectivity index (χ0v) is 11.7. The van der Waals surface area contributed by atoms with E-state index in [1.807, 2.05) is 6.07 Å². The minimum atomic E-state index is 0.0681. The van der Waals surface area contributed by atoms with Crippen molar-refractivity contribution in [1.29, 1.82) is 0 Å². The van der Waals surface area contributed by atoms with Crippen molar-refractivity contribution in [2.24, 2.45) is 0 Å². The van der Waals surface area contributed by atoms with Gasteiger partial charge in [-0.3, -0.25) is 4.79 Å². The van der Waals surface area contributed by atoms with Crippen LogP contribution in [0, 0.1) is 0 Å². The van der Waals surface area contributed by atoms with Crippen LogP contribution in [-0.2, 0) is 4.79 Å². The van der Waals surface area contributed by atoms with Crippen LogP contribution in [0.2, 0.25) is 0 Å². The molecule has 0 atom stereocenters. The van der Waals surface area contributed by atoms with Crippen LogP contribution >= 0.6 is 0 Å². The van der Waals surface area contributed by atoms with Crippen molar-refractivity contribution < 1.29 is 9.53 Å². The van der Waals surface area contributed by atoms with E-state index < -0.39 is 0 Å². The Bertz CT molecular complexity index is 498. The van der Waals surface area contributed by atoms with Crippen LogP contribution < -0.4 is 15.4 Å². The molecule has 2 heterocycles. The minimum Gasteiger partial charge on any atom is -0.481 e. The molecule has 2 fully saturated rings. The molecule has 1 aliphatic heterocycles. The van der Waals surface area contributed by atoms with Gasteiger partial charge in [-0.1, -0.05) is 0 Å². The number of aromatic nitrogens is 2. The number of amides is 1. The summed E-state index contributed by atoms with van der Waals surface area (Å²) in [5.41, 5.74) is 0.0681. The van der Waals surface area contributed by atoms with Crippen molar-refractivity contribution in [1.82, 2.24) is 15.3 Å². The van der Waals surface area contributed by atoms with Crippen LogP contribution in [0.3, 0.4) is 0 Å². The van der Waals surface area contributed by atoms with Gasteiger partial charge in [-0.2, -0.15) is 0 Å². The van der Waals surface area contributed by atoms with E-state index in [-0.39, 0.29) is 11.4 Å². The predicted octanol–water partition coefficient (Wildman–Crippen LogP) is 1.49. The lowest BCUT2D eigenvalue weighted by atomic mass is 9.78. The summed E-state index contributed by atoms with van der Waals surface area (Å²) >= 11 is 0. The molecule has 1 saturated carbocycles. The maximum absolute atomic E-state index is 11.4. The van der Waals surface area contributed by atoms with Crippen molar-refractivity contribution >= 4 is 11.7 Å². The fraction of sp³-hybridized carbons (Fsp3) is 0.643. The summed E-state index contributed by atoms with van der Waals surface area (Å²) in [6, 6.07) is 2.21. The van der Waals surface area contributed by atoms with Gasteiger partial charge in [0.25, 0.3) is 0 Å². The standard InChI is InChI=1S/C14H20N4O2/c1-20-13-8-11(15-9-16-13)17-10-2-5-14(6-3-10)7-4-12(19)18-14/h8-10H,2-7H2,1H3,(H,18,19)(H,15,16,17). The molecule has 3 rings (SSSR count). The number of rotatable bonds is 3. The van der Waals surface area contributed by atoms with Crippen LogP contribution in [0.1, 0.15) is 38.5 Å². The van der Waals surface area contributed by atoms with Crippen molar-refractivity contribution in [3.8, 4) is 5.88 Å². The van der Waals surface area contributed by atoms with Crippen LogP contribution in [0.4, 0.5) is 5.82 Å². The molecule has 0 unspecified atom stereocenters. The molecule has 6 heteroatoms. The molecule has 1 saturated heterocycles. The molecule has 1 spiro atoms. The third kappa shape index (κ3) is 2.69. The van der Waals surface area contributed by atoms with E-state index in [0.29, 0.717) is 18.3 Å². The molecule has 20 heavy (non-hydrogen) atoms. The molecular weight excluding hydrogens is 256 g/mol. The molecule has 6 nitrogen and oxygen atoms in total. The van der Waals surface area contributed by atoms with E-state index >= 15 is 0 Å². The van der Waals surface area contributed by atoms with Crippen molar-refractivity contribution in [3.05, 3.63) is 12.4 Å². The number of nitrogens with zero attached hydrogens (tertiary/aromatic N) is 2. The molecule has 0 aromatic carbocycles. The van der Waals surface area contributed by atoms with Crippen molar-refractivity contribution in [3.63, 3.8) is 0 Å². The van der Waals surface area contributed by atoms with Crippen LogP contribution in [0.5, 0.6) is 5.88 Å². The number of carbonyl (C=O) groups is 1. The van der Waals surface area contributed by atoms with Gasteiger partial charge in [-0.05, 0) is 32.1 Å². The van der Waals surface area contributed by atoms with E-state index in [9.17, 15) is 4.79 Å². The molecule has 0 bridgehead atoms. The van der Waals surface area contributed by atoms with Crippen molar-refractivity contribution in [2.75, 3.05) is 12.4 Å². The second-order valence-electron chi connectivity index (χ2n) is 5.69. The Morgan fingerprint density at radius 3 is 2.80 bits per heavy atom. The number of carbonyl (C=O) groups excluding carboxylic acids is 1. The van der Waals surface area contributed by atoms with Crippen LogP contribution in [0.25, 0.3) is 0 Å². The summed E-state index contributed by atoms with van der Waals surface area (Å²) in [5.74, 6) is 1.57. The van der Waals surface area contributed by atoms with Gasteiger partial charge in [0, 0.05) is 24.1 Å². The normalized spacial score (nSPS) is 29.2. The Morgan fingerprint density at radius 2 is 2.15 bits per heavy atom. The lowest BCUT2D eigenvalue weighted by molar-refractivity contribution is -0.120. The van der Waals surface area contributed by atoms with Gasteiger partial charge in [0.1, 0.15) is 12.1 Å². The highest BCUT2D eigenvalue weighted by Gasteiger charge is 2.40. The maximum atomic E-state index is 11.4. The number of nitrogens with one attached hydrogen (secondary N) is 2. The smallest absolute Gasteiger partial charge is 0.220 e. The minimum absolute atomic E-state index is 0.0681. The molecule has 108 valence electrons. The van der Waals surface area contributed by atoms with Crippen molar-refractivity contribution in [2.45, 2.75) is 50.1 Å². The van der Waals surface area contributed by atoms with Gasteiger partial charge >= 0.3 is 0 Å². The SMILES string of the molecule is COc1cc(NC2CCC3(CCC(=O)N3)CC2)ncn1. The molecule has 1 aliphatic carbocycles. The molecule has 1 aromatic heterocycles. The quantitative estimate of drug-likeness (QED) is 0.874. The summed E-state index contributed by atoms with van der Waals surface area (Å²) in [7, 11) is 1.60. The second kappa shape index (κ2) is 5.26. The molecule has 0 radical (unpaired) electrons. The molecule has 2 N–H and O–H groups in total. The largest absolute Gasteiger partial charge is 0.481 e.